The van der Waals surface area contributed by atoms with Crippen molar-refractivity contribution in [2.75, 3.05) is 7.11 Å². The van der Waals surface area contributed by atoms with Crippen LogP contribution in [0.1, 0.15) is 19.6 Å². The van der Waals surface area contributed by atoms with Crippen LogP contribution in [-0.2, 0) is 6.54 Å². The average molecular weight is 263 g/mol. The van der Waals surface area contributed by atoms with Gasteiger partial charge in [0.05, 0.1) is 19.9 Å². The lowest BCUT2D eigenvalue weighted by molar-refractivity contribution is 0.386. The number of benzene rings is 1. The van der Waals surface area contributed by atoms with Gasteiger partial charge in [-0.05, 0) is 23.8 Å². The van der Waals surface area contributed by atoms with Gasteiger partial charge in [-0.2, -0.15) is 0 Å². The second kappa shape index (κ2) is 5.89. The van der Waals surface area contributed by atoms with Gasteiger partial charge in [0.2, 0.25) is 0 Å². The van der Waals surface area contributed by atoms with Crippen LogP contribution in [0, 0.1) is 5.82 Å². The molecule has 1 aromatic carbocycles. The highest BCUT2D eigenvalue weighted by molar-refractivity contribution is 5.66. The Balaban J connectivity index is 2.27. The molecule has 1 heterocycles. The van der Waals surface area contributed by atoms with E-state index in [4.69, 9.17) is 9.15 Å². The van der Waals surface area contributed by atoms with Crippen molar-refractivity contribution in [2.45, 2.75) is 26.4 Å². The number of nitrogens with one attached hydrogen (secondary N) is 1. The number of hydrogen-bond donors (Lipinski definition) is 1. The molecule has 0 radical (unpaired) electrons. The van der Waals surface area contributed by atoms with Gasteiger partial charge in [-0.3, -0.25) is 0 Å². The molecular weight excluding hydrogens is 245 g/mol. The fourth-order valence-electron chi connectivity index (χ4n) is 1.87. The van der Waals surface area contributed by atoms with Gasteiger partial charge in [-0.25, -0.2) is 4.39 Å². The molecule has 0 atom stereocenters. The van der Waals surface area contributed by atoms with E-state index in [2.05, 4.69) is 19.2 Å². The summed E-state index contributed by atoms with van der Waals surface area (Å²) in [7, 11) is 1.45. The molecule has 0 bridgehead atoms. The fourth-order valence-corrected chi connectivity index (χ4v) is 1.87. The molecule has 4 heteroatoms. The lowest BCUT2D eigenvalue weighted by Crippen LogP contribution is -2.21. The van der Waals surface area contributed by atoms with E-state index >= 15 is 0 Å². The van der Waals surface area contributed by atoms with Gasteiger partial charge in [0.1, 0.15) is 5.76 Å². The predicted molar refractivity (Wildman–Crippen MR) is 72.6 cm³/mol. The zero-order chi connectivity index (χ0) is 13.8. The van der Waals surface area contributed by atoms with Crippen LogP contribution in [0.5, 0.6) is 5.75 Å². The number of furan rings is 1. The third-order valence-corrected chi connectivity index (χ3v) is 2.88. The summed E-state index contributed by atoms with van der Waals surface area (Å²) in [6.07, 6.45) is 1.62. The number of methoxy groups -OCH3 is 1. The van der Waals surface area contributed by atoms with Crippen LogP contribution in [0.4, 0.5) is 4.39 Å². The third kappa shape index (κ3) is 3.15. The number of ether oxygens (including phenoxy) is 1. The van der Waals surface area contributed by atoms with Crippen molar-refractivity contribution >= 4 is 0 Å². The molecule has 0 saturated heterocycles. The lowest BCUT2D eigenvalue weighted by atomic mass is 10.1. The molecule has 0 spiro atoms. The summed E-state index contributed by atoms with van der Waals surface area (Å²) in [5.41, 5.74) is 1.68. The summed E-state index contributed by atoms with van der Waals surface area (Å²) >= 11 is 0. The Morgan fingerprint density at radius 1 is 1.32 bits per heavy atom. The van der Waals surface area contributed by atoms with Crippen LogP contribution in [0.15, 0.2) is 34.9 Å². The first-order valence-electron chi connectivity index (χ1n) is 6.25. The van der Waals surface area contributed by atoms with E-state index in [1.165, 1.54) is 13.2 Å². The Hall–Kier alpha value is -1.81. The van der Waals surface area contributed by atoms with Gasteiger partial charge in [-0.1, -0.05) is 19.9 Å². The first-order valence-corrected chi connectivity index (χ1v) is 6.25. The highest BCUT2D eigenvalue weighted by atomic mass is 19.1. The molecule has 2 rings (SSSR count). The van der Waals surface area contributed by atoms with Gasteiger partial charge in [0.15, 0.2) is 11.6 Å². The van der Waals surface area contributed by atoms with E-state index in [1.54, 1.807) is 12.3 Å². The maximum Gasteiger partial charge on any atom is 0.165 e. The van der Waals surface area contributed by atoms with Gasteiger partial charge in [0.25, 0.3) is 0 Å². The molecular formula is C15H18FNO2. The summed E-state index contributed by atoms with van der Waals surface area (Å²) < 4.78 is 24.1. The molecule has 0 aliphatic carbocycles. The average Bonchev–Trinajstić information content (AvgIpc) is 2.84. The van der Waals surface area contributed by atoms with Crippen molar-refractivity contribution < 1.29 is 13.5 Å². The Labute approximate surface area is 112 Å². The molecule has 19 heavy (non-hydrogen) atoms. The minimum Gasteiger partial charge on any atom is -0.494 e. The topological polar surface area (TPSA) is 34.4 Å². The molecule has 1 aromatic heterocycles. The molecule has 2 aromatic rings. The Morgan fingerprint density at radius 2 is 2.11 bits per heavy atom. The summed E-state index contributed by atoms with van der Waals surface area (Å²) in [4.78, 5) is 0. The first-order chi connectivity index (χ1) is 9.11. The van der Waals surface area contributed by atoms with Crippen molar-refractivity contribution in [1.82, 2.24) is 5.32 Å². The van der Waals surface area contributed by atoms with Crippen LogP contribution in [0.25, 0.3) is 11.1 Å². The smallest absolute Gasteiger partial charge is 0.165 e. The van der Waals surface area contributed by atoms with Crippen molar-refractivity contribution in [3.63, 3.8) is 0 Å². The Kier molecular flexibility index (Phi) is 4.22. The van der Waals surface area contributed by atoms with E-state index in [0.717, 1.165) is 16.9 Å². The second-order valence-electron chi connectivity index (χ2n) is 4.64. The molecule has 3 nitrogen and oxygen atoms in total. The Bertz CT molecular complexity index is 549. The third-order valence-electron chi connectivity index (χ3n) is 2.88. The van der Waals surface area contributed by atoms with Crippen molar-refractivity contribution in [3.8, 4) is 16.9 Å². The van der Waals surface area contributed by atoms with Gasteiger partial charge in [0, 0.05) is 11.6 Å². The largest absolute Gasteiger partial charge is 0.494 e. The van der Waals surface area contributed by atoms with Crippen molar-refractivity contribution in [1.29, 1.82) is 0 Å². The van der Waals surface area contributed by atoms with Gasteiger partial charge < -0.3 is 14.5 Å². The molecule has 102 valence electrons. The molecule has 0 amide bonds. The first kappa shape index (κ1) is 13.6. The standard InChI is InChI=1S/C15H18FNO2/c1-10(2)17-9-15-12(6-7-19-15)11-4-5-14(18-3)13(16)8-11/h4-8,10,17H,9H2,1-3H3. The summed E-state index contributed by atoms with van der Waals surface area (Å²) in [5, 5.41) is 3.28. The monoisotopic (exact) mass is 263 g/mol. The lowest BCUT2D eigenvalue weighted by Gasteiger charge is -2.09. The molecule has 0 aliphatic rings. The molecule has 0 saturated carbocycles. The molecule has 1 N–H and O–H groups in total. The van der Waals surface area contributed by atoms with Crippen LogP contribution in [-0.4, -0.2) is 13.2 Å². The van der Waals surface area contributed by atoms with Crippen molar-refractivity contribution in [3.05, 3.63) is 42.1 Å². The SMILES string of the molecule is COc1ccc(-c2ccoc2CNC(C)C)cc1F. The van der Waals surface area contributed by atoms with E-state index < -0.39 is 0 Å². The summed E-state index contributed by atoms with van der Waals surface area (Å²) in [5.74, 6) is 0.677. The van der Waals surface area contributed by atoms with Crippen LogP contribution in [0.2, 0.25) is 0 Å². The zero-order valence-electron chi connectivity index (χ0n) is 11.4. The second-order valence-corrected chi connectivity index (χ2v) is 4.64. The van der Waals surface area contributed by atoms with Crippen LogP contribution >= 0.6 is 0 Å². The summed E-state index contributed by atoms with van der Waals surface area (Å²) in [6.45, 7) is 4.75. The number of rotatable bonds is 5. The predicted octanol–water partition coefficient (Wildman–Crippen LogP) is 3.59. The van der Waals surface area contributed by atoms with Crippen molar-refractivity contribution in [2.24, 2.45) is 0 Å². The maximum atomic E-state index is 13.7. The van der Waals surface area contributed by atoms with E-state index in [1.807, 2.05) is 12.1 Å². The molecule has 0 fully saturated rings. The normalized spacial score (nSPS) is 11.0. The Morgan fingerprint density at radius 3 is 2.74 bits per heavy atom. The number of hydrogen-bond acceptors (Lipinski definition) is 3. The van der Waals surface area contributed by atoms with Crippen LogP contribution in [0.3, 0.4) is 0 Å². The van der Waals surface area contributed by atoms with E-state index in [-0.39, 0.29) is 11.6 Å². The summed E-state index contributed by atoms with van der Waals surface area (Å²) in [6, 6.07) is 7.12. The zero-order valence-corrected chi connectivity index (χ0v) is 11.4. The fraction of sp³-hybridized carbons (Fsp3) is 0.333. The van der Waals surface area contributed by atoms with E-state index in [0.29, 0.717) is 12.6 Å². The van der Waals surface area contributed by atoms with E-state index in [9.17, 15) is 4.39 Å². The maximum absolute atomic E-state index is 13.7. The highest BCUT2D eigenvalue weighted by Gasteiger charge is 2.11. The number of halogens is 1. The van der Waals surface area contributed by atoms with Gasteiger partial charge >= 0.3 is 0 Å². The van der Waals surface area contributed by atoms with Crippen LogP contribution < -0.4 is 10.1 Å². The molecule has 0 aliphatic heterocycles. The minimum absolute atomic E-state index is 0.245. The van der Waals surface area contributed by atoms with Gasteiger partial charge in [-0.15, -0.1) is 0 Å². The highest BCUT2D eigenvalue weighted by Crippen LogP contribution is 2.28. The quantitative estimate of drug-likeness (QED) is 0.895. The minimum atomic E-state index is -0.371. The molecule has 0 unspecified atom stereocenters.